The Morgan fingerprint density at radius 3 is 2.68 bits per heavy atom. The molecule has 5 rings (SSSR count). The van der Waals surface area contributed by atoms with Crippen LogP contribution < -0.4 is 0 Å². The lowest BCUT2D eigenvalue weighted by atomic mass is 10.1. The van der Waals surface area contributed by atoms with E-state index >= 15 is 0 Å². The lowest BCUT2D eigenvalue weighted by molar-refractivity contribution is 0.0782. The number of aryl methyl sites for hydroxylation is 2. The van der Waals surface area contributed by atoms with Crippen LogP contribution in [0.5, 0.6) is 0 Å². The maximum absolute atomic E-state index is 12.6. The summed E-state index contributed by atoms with van der Waals surface area (Å²) in [5, 5.41) is 4.85. The van der Waals surface area contributed by atoms with Gasteiger partial charge in [0.15, 0.2) is 11.6 Å². The Hall–Kier alpha value is -3.42. The zero-order chi connectivity index (χ0) is 19.3. The molecule has 4 aromatic rings. The number of rotatable bonds is 3. The van der Waals surface area contributed by atoms with E-state index in [0.717, 1.165) is 59.5 Å². The fourth-order valence-electron chi connectivity index (χ4n) is 3.71. The monoisotopic (exact) mass is 376 g/mol. The van der Waals surface area contributed by atoms with Crippen molar-refractivity contribution in [3.8, 4) is 22.8 Å². The first kappa shape index (κ1) is 16.7. The summed E-state index contributed by atoms with van der Waals surface area (Å²) in [7, 11) is 0. The summed E-state index contributed by atoms with van der Waals surface area (Å²) in [6.45, 7) is 5.34. The fourth-order valence-corrected chi connectivity index (χ4v) is 3.71. The molecule has 1 amide bonds. The van der Waals surface area contributed by atoms with Gasteiger partial charge in [-0.2, -0.15) is 4.98 Å². The van der Waals surface area contributed by atoms with Gasteiger partial charge in [-0.15, -0.1) is 0 Å². The summed E-state index contributed by atoms with van der Waals surface area (Å²) in [6.07, 6.45) is 2.12. The first-order valence-electron chi connectivity index (χ1n) is 9.38. The summed E-state index contributed by atoms with van der Waals surface area (Å²) in [6, 6.07) is 8.01. The van der Waals surface area contributed by atoms with Crippen molar-refractivity contribution in [2.24, 2.45) is 0 Å². The van der Waals surface area contributed by atoms with Gasteiger partial charge < -0.3 is 19.4 Å². The van der Waals surface area contributed by atoms with Gasteiger partial charge in [0.2, 0.25) is 0 Å². The van der Waals surface area contributed by atoms with Crippen LogP contribution in [0.3, 0.4) is 0 Å². The molecular weight excluding hydrogens is 356 g/mol. The Morgan fingerprint density at radius 1 is 1.11 bits per heavy atom. The van der Waals surface area contributed by atoms with E-state index in [1.54, 1.807) is 6.92 Å². The number of carbonyl (C=O) groups is 1. The van der Waals surface area contributed by atoms with Crippen LogP contribution >= 0.6 is 0 Å². The average molecular weight is 376 g/mol. The SMILES string of the molecule is Cc1noc(-c2cc3cc(-c4nc(C(=O)N5CCCC5)[nH]c4C)ccc3[nH]2)n1. The predicted octanol–water partition coefficient (Wildman–Crippen LogP) is 3.46. The molecule has 28 heavy (non-hydrogen) atoms. The first-order chi connectivity index (χ1) is 13.6. The van der Waals surface area contributed by atoms with E-state index in [-0.39, 0.29) is 5.91 Å². The molecule has 0 atom stereocenters. The molecule has 0 unspecified atom stereocenters. The molecule has 0 bridgehead atoms. The third-order valence-electron chi connectivity index (χ3n) is 5.13. The van der Waals surface area contributed by atoms with Crippen molar-refractivity contribution in [1.29, 1.82) is 0 Å². The maximum atomic E-state index is 12.6. The standard InChI is InChI=1S/C20H20N6O2/c1-11-17(24-18(21-11)20(27)26-7-3-4-8-26)13-5-6-15-14(9-13)10-16(23-15)19-22-12(2)25-28-19/h5-6,9-10,23H,3-4,7-8H2,1-2H3,(H,21,24). The second kappa shape index (κ2) is 6.33. The van der Waals surface area contributed by atoms with Gasteiger partial charge in [0.05, 0.1) is 5.69 Å². The number of aromatic amines is 2. The number of imidazole rings is 1. The number of nitrogens with zero attached hydrogens (tertiary/aromatic N) is 4. The lowest BCUT2D eigenvalue weighted by Crippen LogP contribution is -2.28. The van der Waals surface area contributed by atoms with Crippen molar-refractivity contribution in [2.45, 2.75) is 26.7 Å². The number of hydrogen-bond donors (Lipinski definition) is 2. The molecule has 1 fully saturated rings. The van der Waals surface area contributed by atoms with Crippen LogP contribution in [0.15, 0.2) is 28.8 Å². The van der Waals surface area contributed by atoms with Gasteiger partial charge >= 0.3 is 0 Å². The molecule has 0 radical (unpaired) electrons. The molecule has 1 aromatic carbocycles. The molecule has 2 N–H and O–H groups in total. The zero-order valence-electron chi connectivity index (χ0n) is 15.7. The van der Waals surface area contributed by atoms with E-state index in [9.17, 15) is 4.79 Å². The third-order valence-corrected chi connectivity index (χ3v) is 5.13. The van der Waals surface area contributed by atoms with E-state index in [2.05, 4.69) is 25.1 Å². The molecule has 8 heteroatoms. The highest BCUT2D eigenvalue weighted by Crippen LogP contribution is 2.29. The van der Waals surface area contributed by atoms with E-state index in [1.807, 2.05) is 36.1 Å². The topological polar surface area (TPSA) is 104 Å². The van der Waals surface area contributed by atoms with Gasteiger partial charge in [0.25, 0.3) is 11.8 Å². The number of fused-ring (bicyclic) bond motifs is 1. The van der Waals surface area contributed by atoms with Gasteiger partial charge in [-0.05, 0) is 44.9 Å². The van der Waals surface area contributed by atoms with E-state index in [0.29, 0.717) is 17.5 Å². The molecule has 4 heterocycles. The largest absolute Gasteiger partial charge is 0.351 e. The lowest BCUT2D eigenvalue weighted by Gasteiger charge is -2.12. The minimum Gasteiger partial charge on any atom is -0.351 e. The predicted molar refractivity (Wildman–Crippen MR) is 104 cm³/mol. The Balaban J connectivity index is 1.50. The van der Waals surface area contributed by atoms with Crippen molar-refractivity contribution >= 4 is 16.8 Å². The summed E-state index contributed by atoms with van der Waals surface area (Å²) in [5.41, 5.74) is 4.37. The van der Waals surface area contributed by atoms with Crippen LogP contribution in [-0.2, 0) is 0 Å². The fraction of sp³-hybridized carbons (Fsp3) is 0.300. The van der Waals surface area contributed by atoms with Crippen molar-refractivity contribution in [3.05, 3.63) is 41.6 Å². The normalized spacial score (nSPS) is 14.3. The van der Waals surface area contributed by atoms with Gasteiger partial charge in [0, 0.05) is 35.2 Å². The van der Waals surface area contributed by atoms with Gasteiger partial charge in [-0.1, -0.05) is 11.2 Å². The summed E-state index contributed by atoms with van der Waals surface area (Å²) in [4.78, 5) is 29.8. The van der Waals surface area contributed by atoms with Crippen molar-refractivity contribution in [3.63, 3.8) is 0 Å². The van der Waals surface area contributed by atoms with E-state index in [1.165, 1.54) is 0 Å². The average Bonchev–Trinajstić information content (AvgIpc) is 3.46. The van der Waals surface area contributed by atoms with Crippen LogP contribution in [0.1, 0.15) is 35.0 Å². The second-order valence-electron chi connectivity index (χ2n) is 7.19. The van der Waals surface area contributed by atoms with Crippen LogP contribution in [0.4, 0.5) is 0 Å². The van der Waals surface area contributed by atoms with E-state index in [4.69, 9.17) is 4.52 Å². The van der Waals surface area contributed by atoms with Crippen molar-refractivity contribution in [2.75, 3.05) is 13.1 Å². The number of nitrogens with one attached hydrogen (secondary N) is 2. The number of benzene rings is 1. The van der Waals surface area contributed by atoms with Crippen LogP contribution in [-0.4, -0.2) is 49.0 Å². The Morgan fingerprint density at radius 2 is 1.93 bits per heavy atom. The smallest absolute Gasteiger partial charge is 0.289 e. The number of carbonyl (C=O) groups excluding carboxylic acids is 1. The number of aromatic nitrogens is 5. The van der Waals surface area contributed by atoms with Crippen LogP contribution in [0.2, 0.25) is 0 Å². The minimum atomic E-state index is -0.0244. The molecule has 8 nitrogen and oxygen atoms in total. The van der Waals surface area contributed by atoms with Gasteiger partial charge in [-0.25, -0.2) is 4.98 Å². The molecule has 0 saturated carbocycles. The number of H-pyrrole nitrogens is 2. The summed E-state index contributed by atoms with van der Waals surface area (Å²) >= 11 is 0. The number of hydrogen-bond acceptors (Lipinski definition) is 5. The second-order valence-corrected chi connectivity index (χ2v) is 7.19. The Labute approximate surface area is 161 Å². The molecule has 1 saturated heterocycles. The van der Waals surface area contributed by atoms with Gasteiger partial charge in [0.1, 0.15) is 5.69 Å². The Kier molecular flexibility index (Phi) is 3.78. The van der Waals surface area contributed by atoms with Crippen LogP contribution in [0.25, 0.3) is 33.7 Å². The quantitative estimate of drug-likeness (QED) is 0.570. The first-order valence-corrected chi connectivity index (χ1v) is 9.38. The molecule has 0 spiro atoms. The van der Waals surface area contributed by atoms with Crippen LogP contribution in [0, 0.1) is 13.8 Å². The van der Waals surface area contributed by atoms with Crippen molar-refractivity contribution < 1.29 is 9.32 Å². The van der Waals surface area contributed by atoms with E-state index < -0.39 is 0 Å². The van der Waals surface area contributed by atoms with Crippen molar-refractivity contribution in [1.82, 2.24) is 30.0 Å². The Bertz CT molecular complexity index is 1180. The highest BCUT2D eigenvalue weighted by atomic mass is 16.5. The molecular formula is C20H20N6O2. The molecule has 142 valence electrons. The van der Waals surface area contributed by atoms with Gasteiger partial charge in [-0.3, -0.25) is 4.79 Å². The zero-order valence-corrected chi connectivity index (χ0v) is 15.7. The third kappa shape index (κ3) is 2.77. The molecule has 3 aromatic heterocycles. The molecule has 1 aliphatic heterocycles. The highest BCUT2D eigenvalue weighted by Gasteiger charge is 2.23. The summed E-state index contributed by atoms with van der Waals surface area (Å²) in [5.74, 6) is 1.44. The summed E-state index contributed by atoms with van der Waals surface area (Å²) < 4.78 is 5.24. The maximum Gasteiger partial charge on any atom is 0.289 e. The molecule has 1 aliphatic rings. The number of likely N-dealkylation sites (tertiary alicyclic amines) is 1. The highest BCUT2D eigenvalue weighted by molar-refractivity contribution is 5.93. The molecule has 0 aliphatic carbocycles. The minimum absolute atomic E-state index is 0.0244. The number of amides is 1.